The SMILES string of the molecule is Cc1cc(OC(F)F)ccc1C1(c2cccc(-c3cccc(Cl)c3)c2)COC(NOC=O)=N1. The predicted octanol–water partition coefficient (Wildman–Crippen LogP) is 5.22. The number of carbonyl (C=O) groups is 1. The molecule has 1 aliphatic rings. The molecule has 0 saturated carbocycles. The molecule has 3 aromatic rings. The molecule has 0 spiro atoms. The molecular formula is C24H19ClF2N2O4. The van der Waals surface area contributed by atoms with Crippen molar-refractivity contribution in [3.8, 4) is 16.9 Å². The van der Waals surface area contributed by atoms with E-state index in [0.717, 1.165) is 22.3 Å². The zero-order valence-corrected chi connectivity index (χ0v) is 18.2. The number of hydrogen-bond acceptors (Lipinski definition) is 6. The Kier molecular flexibility index (Phi) is 6.46. The highest BCUT2D eigenvalue weighted by Gasteiger charge is 2.42. The fourth-order valence-electron chi connectivity index (χ4n) is 3.88. The van der Waals surface area contributed by atoms with Crippen LogP contribution < -0.4 is 10.2 Å². The van der Waals surface area contributed by atoms with Crippen molar-refractivity contribution < 1.29 is 27.9 Å². The zero-order chi connectivity index (χ0) is 23.4. The first-order valence-corrected chi connectivity index (χ1v) is 10.3. The van der Waals surface area contributed by atoms with Crippen LogP contribution >= 0.6 is 11.6 Å². The Labute approximate surface area is 193 Å². The van der Waals surface area contributed by atoms with Gasteiger partial charge in [-0.1, -0.05) is 48.0 Å². The summed E-state index contributed by atoms with van der Waals surface area (Å²) in [5, 5.41) is 0.609. The van der Waals surface area contributed by atoms with Gasteiger partial charge in [-0.2, -0.15) is 14.3 Å². The van der Waals surface area contributed by atoms with E-state index in [1.807, 2.05) is 42.5 Å². The van der Waals surface area contributed by atoms with Crippen molar-refractivity contribution in [1.82, 2.24) is 5.48 Å². The minimum atomic E-state index is -2.93. The van der Waals surface area contributed by atoms with E-state index in [0.29, 0.717) is 10.6 Å². The van der Waals surface area contributed by atoms with Gasteiger partial charge in [0.2, 0.25) is 0 Å². The van der Waals surface area contributed by atoms with Crippen LogP contribution in [0.25, 0.3) is 11.1 Å². The van der Waals surface area contributed by atoms with Gasteiger partial charge < -0.3 is 14.3 Å². The number of hydroxylamine groups is 1. The van der Waals surface area contributed by atoms with Crippen LogP contribution in [0.5, 0.6) is 5.75 Å². The fraction of sp³-hybridized carbons (Fsp3) is 0.167. The number of nitrogens with one attached hydrogen (secondary N) is 1. The molecule has 1 heterocycles. The van der Waals surface area contributed by atoms with Crippen LogP contribution in [0, 0.1) is 6.92 Å². The first-order valence-electron chi connectivity index (χ1n) is 9.92. The van der Waals surface area contributed by atoms with Crippen LogP contribution in [0.1, 0.15) is 16.7 Å². The number of hydrogen-bond donors (Lipinski definition) is 1. The Morgan fingerprint density at radius 2 is 1.88 bits per heavy atom. The number of aryl methyl sites for hydroxylation is 1. The maximum absolute atomic E-state index is 12.7. The van der Waals surface area contributed by atoms with E-state index in [-0.39, 0.29) is 24.9 Å². The van der Waals surface area contributed by atoms with Gasteiger partial charge in [-0.05, 0) is 65.1 Å². The number of aliphatic imine (C=N–C) groups is 1. The maximum Gasteiger partial charge on any atom is 0.387 e. The number of ether oxygens (including phenoxy) is 2. The summed E-state index contributed by atoms with van der Waals surface area (Å²) in [6, 6.07) is 19.8. The molecule has 1 N–H and O–H groups in total. The molecule has 0 radical (unpaired) electrons. The average molecular weight is 473 g/mol. The number of halogens is 3. The van der Waals surface area contributed by atoms with E-state index < -0.39 is 12.2 Å². The number of rotatable bonds is 7. The van der Waals surface area contributed by atoms with Crippen LogP contribution in [-0.4, -0.2) is 25.7 Å². The topological polar surface area (TPSA) is 69.2 Å². The lowest BCUT2D eigenvalue weighted by atomic mass is 9.81. The first-order chi connectivity index (χ1) is 15.9. The Morgan fingerprint density at radius 1 is 1.12 bits per heavy atom. The van der Waals surface area contributed by atoms with Crippen molar-refractivity contribution in [2.45, 2.75) is 19.1 Å². The smallest absolute Gasteiger partial charge is 0.387 e. The van der Waals surface area contributed by atoms with Crippen LogP contribution in [0.4, 0.5) is 8.78 Å². The van der Waals surface area contributed by atoms with Gasteiger partial charge in [-0.3, -0.25) is 4.79 Å². The second-order valence-corrected chi connectivity index (χ2v) is 7.76. The zero-order valence-electron chi connectivity index (χ0n) is 17.4. The molecule has 6 nitrogen and oxygen atoms in total. The molecule has 1 unspecified atom stereocenters. The van der Waals surface area contributed by atoms with Gasteiger partial charge in [0.25, 0.3) is 0 Å². The van der Waals surface area contributed by atoms with Crippen molar-refractivity contribution in [3.63, 3.8) is 0 Å². The summed E-state index contributed by atoms with van der Waals surface area (Å²) in [6.45, 7) is -0.846. The molecule has 0 aromatic heterocycles. The lowest BCUT2D eigenvalue weighted by Gasteiger charge is -2.27. The summed E-state index contributed by atoms with van der Waals surface area (Å²) in [7, 11) is 0. The Morgan fingerprint density at radius 3 is 2.58 bits per heavy atom. The highest BCUT2D eigenvalue weighted by atomic mass is 35.5. The summed E-state index contributed by atoms with van der Waals surface area (Å²) in [5.74, 6) is 0.0413. The van der Waals surface area contributed by atoms with Crippen LogP contribution in [-0.2, 0) is 19.9 Å². The minimum absolute atomic E-state index is 0.0163. The molecule has 1 aliphatic heterocycles. The monoisotopic (exact) mass is 472 g/mol. The fourth-order valence-corrected chi connectivity index (χ4v) is 4.07. The molecule has 33 heavy (non-hydrogen) atoms. The molecule has 4 rings (SSSR count). The van der Waals surface area contributed by atoms with Gasteiger partial charge in [0.15, 0.2) is 5.54 Å². The van der Waals surface area contributed by atoms with Crippen molar-refractivity contribution in [2.24, 2.45) is 4.99 Å². The Balaban J connectivity index is 1.83. The van der Waals surface area contributed by atoms with E-state index in [9.17, 15) is 13.6 Å². The highest BCUT2D eigenvalue weighted by Crippen LogP contribution is 2.41. The summed E-state index contributed by atoms with van der Waals surface area (Å²) in [5.41, 5.74) is 5.33. The Hall–Kier alpha value is -3.65. The molecule has 3 aromatic carbocycles. The number of nitrogens with zero attached hydrogens (tertiary/aromatic N) is 1. The van der Waals surface area contributed by atoms with Crippen molar-refractivity contribution in [2.75, 3.05) is 6.61 Å². The van der Waals surface area contributed by atoms with Gasteiger partial charge in [-0.25, -0.2) is 4.99 Å². The molecule has 9 heteroatoms. The lowest BCUT2D eigenvalue weighted by Crippen LogP contribution is -2.28. The van der Waals surface area contributed by atoms with Crippen molar-refractivity contribution in [3.05, 3.63) is 88.4 Å². The normalized spacial score (nSPS) is 17.3. The van der Waals surface area contributed by atoms with Crippen molar-refractivity contribution in [1.29, 1.82) is 0 Å². The highest BCUT2D eigenvalue weighted by molar-refractivity contribution is 6.30. The molecule has 0 aliphatic carbocycles. The number of amidine groups is 1. The van der Waals surface area contributed by atoms with Gasteiger partial charge in [-0.15, -0.1) is 0 Å². The summed E-state index contributed by atoms with van der Waals surface area (Å²) in [6.07, 6.45) is 0. The van der Waals surface area contributed by atoms with E-state index >= 15 is 0 Å². The first kappa shape index (κ1) is 22.5. The quantitative estimate of drug-likeness (QED) is 0.377. The molecule has 0 bridgehead atoms. The molecule has 0 fully saturated rings. The van der Waals surface area contributed by atoms with Gasteiger partial charge in [0.05, 0.1) is 0 Å². The molecule has 1 atom stereocenters. The maximum atomic E-state index is 12.7. The third-order valence-electron chi connectivity index (χ3n) is 5.27. The third kappa shape index (κ3) is 4.75. The van der Waals surface area contributed by atoms with Gasteiger partial charge in [0.1, 0.15) is 12.4 Å². The van der Waals surface area contributed by atoms with E-state index in [1.54, 1.807) is 19.1 Å². The predicted molar refractivity (Wildman–Crippen MR) is 119 cm³/mol. The lowest BCUT2D eigenvalue weighted by molar-refractivity contribution is -0.132. The van der Waals surface area contributed by atoms with Gasteiger partial charge in [0, 0.05) is 5.02 Å². The van der Waals surface area contributed by atoms with Crippen LogP contribution in [0.15, 0.2) is 71.7 Å². The molecule has 0 saturated heterocycles. The van der Waals surface area contributed by atoms with E-state index in [1.165, 1.54) is 12.1 Å². The molecule has 0 amide bonds. The number of benzene rings is 3. The number of carbonyl (C=O) groups excluding carboxylic acids is 1. The second kappa shape index (κ2) is 9.46. The van der Waals surface area contributed by atoms with Crippen molar-refractivity contribution >= 4 is 24.1 Å². The van der Waals surface area contributed by atoms with Gasteiger partial charge >= 0.3 is 19.1 Å². The Bertz CT molecular complexity index is 1200. The summed E-state index contributed by atoms with van der Waals surface area (Å²) >= 11 is 6.17. The summed E-state index contributed by atoms with van der Waals surface area (Å²) < 4.78 is 35.6. The second-order valence-electron chi connectivity index (χ2n) is 7.33. The number of alkyl halides is 2. The summed E-state index contributed by atoms with van der Waals surface area (Å²) in [4.78, 5) is 19.9. The van der Waals surface area contributed by atoms with E-state index in [2.05, 4.69) is 20.0 Å². The van der Waals surface area contributed by atoms with E-state index in [4.69, 9.17) is 16.3 Å². The molecular weight excluding hydrogens is 454 g/mol. The minimum Gasteiger partial charge on any atom is -0.460 e. The average Bonchev–Trinajstić information content (AvgIpc) is 3.22. The standard InChI is InChI=1S/C24H19ClF2N2O4/c1-15-10-20(33-22(26)27)8-9-21(15)24(13-31-23(28-24)29-32-14-30)18-6-2-4-16(11-18)17-5-3-7-19(25)12-17/h2-12,14,22H,13H2,1H3,(H,28,29). The molecule has 170 valence electrons. The van der Waals surface area contributed by atoms with Crippen LogP contribution in [0.3, 0.4) is 0 Å². The largest absolute Gasteiger partial charge is 0.460 e. The van der Waals surface area contributed by atoms with Crippen LogP contribution in [0.2, 0.25) is 5.02 Å². The third-order valence-corrected chi connectivity index (χ3v) is 5.51.